The number of methoxy groups -OCH3 is 1. The molecule has 0 amide bonds. The standard InChI is InChI=1S/C12H28N2O/c1-7-13(5)12(10-15-6)9-14(8-2)11(3)4/h11-12H,7-10H2,1-6H3. The lowest BCUT2D eigenvalue weighted by atomic mass is 10.2. The van der Waals surface area contributed by atoms with Crippen LogP contribution < -0.4 is 0 Å². The van der Waals surface area contributed by atoms with Crippen LogP contribution in [0.1, 0.15) is 27.7 Å². The Balaban J connectivity index is 4.24. The van der Waals surface area contributed by atoms with E-state index in [0.29, 0.717) is 12.1 Å². The fourth-order valence-electron chi connectivity index (χ4n) is 1.75. The van der Waals surface area contributed by atoms with Crippen molar-refractivity contribution in [3.63, 3.8) is 0 Å². The normalized spacial score (nSPS) is 14.2. The van der Waals surface area contributed by atoms with Gasteiger partial charge in [0.2, 0.25) is 0 Å². The molecule has 0 aromatic heterocycles. The highest BCUT2D eigenvalue weighted by Gasteiger charge is 2.18. The number of nitrogens with zero attached hydrogens (tertiary/aromatic N) is 2. The van der Waals surface area contributed by atoms with Gasteiger partial charge in [0, 0.05) is 25.7 Å². The average Bonchev–Trinajstić information content (AvgIpc) is 2.22. The van der Waals surface area contributed by atoms with Crippen LogP contribution in [-0.4, -0.2) is 62.3 Å². The molecule has 0 heterocycles. The van der Waals surface area contributed by atoms with Crippen molar-refractivity contribution in [2.75, 3.05) is 40.4 Å². The zero-order chi connectivity index (χ0) is 11.8. The molecule has 0 aromatic rings. The van der Waals surface area contributed by atoms with E-state index in [0.717, 1.165) is 26.2 Å². The van der Waals surface area contributed by atoms with Crippen molar-refractivity contribution in [3.8, 4) is 0 Å². The van der Waals surface area contributed by atoms with Gasteiger partial charge in [0.25, 0.3) is 0 Å². The molecule has 0 saturated carbocycles. The Morgan fingerprint density at radius 1 is 1.13 bits per heavy atom. The van der Waals surface area contributed by atoms with Crippen LogP contribution in [-0.2, 0) is 4.74 Å². The molecule has 0 aliphatic rings. The monoisotopic (exact) mass is 216 g/mol. The summed E-state index contributed by atoms with van der Waals surface area (Å²) in [6.07, 6.45) is 0. The first kappa shape index (κ1) is 14.9. The second-order valence-electron chi connectivity index (χ2n) is 4.36. The third-order valence-electron chi connectivity index (χ3n) is 3.06. The predicted molar refractivity (Wildman–Crippen MR) is 66.4 cm³/mol. The highest BCUT2D eigenvalue weighted by atomic mass is 16.5. The van der Waals surface area contributed by atoms with Crippen molar-refractivity contribution in [2.45, 2.75) is 39.8 Å². The fourth-order valence-corrected chi connectivity index (χ4v) is 1.75. The molecule has 0 aliphatic carbocycles. The predicted octanol–water partition coefficient (Wildman–Crippen LogP) is 1.68. The van der Waals surface area contributed by atoms with E-state index in [1.807, 2.05) is 0 Å². The first-order chi connectivity index (χ1) is 7.06. The summed E-state index contributed by atoms with van der Waals surface area (Å²) < 4.78 is 5.28. The number of hydrogen-bond donors (Lipinski definition) is 0. The summed E-state index contributed by atoms with van der Waals surface area (Å²) in [7, 11) is 3.94. The van der Waals surface area contributed by atoms with Gasteiger partial charge in [0.05, 0.1) is 6.61 Å². The molecule has 3 heteroatoms. The Morgan fingerprint density at radius 3 is 2.07 bits per heavy atom. The molecule has 0 rings (SSSR count). The van der Waals surface area contributed by atoms with Crippen LogP contribution in [0.15, 0.2) is 0 Å². The summed E-state index contributed by atoms with van der Waals surface area (Å²) in [6, 6.07) is 1.11. The van der Waals surface area contributed by atoms with Gasteiger partial charge in [0.1, 0.15) is 0 Å². The third-order valence-corrected chi connectivity index (χ3v) is 3.06. The lowest BCUT2D eigenvalue weighted by Gasteiger charge is -2.33. The summed E-state index contributed by atoms with van der Waals surface area (Å²) in [4.78, 5) is 4.84. The summed E-state index contributed by atoms with van der Waals surface area (Å²) in [5, 5.41) is 0. The molecule has 0 fully saturated rings. The lowest BCUT2D eigenvalue weighted by molar-refractivity contribution is 0.0734. The smallest absolute Gasteiger partial charge is 0.0630 e. The van der Waals surface area contributed by atoms with Crippen molar-refractivity contribution < 1.29 is 4.74 Å². The molecule has 0 N–H and O–H groups in total. The lowest BCUT2D eigenvalue weighted by Crippen LogP contribution is -2.46. The van der Waals surface area contributed by atoms with Crippen LogP contribution in [0.4, 0.5) is 0 Å². The van der Waals surface area contributed by atoms with Gasteiger partial charge in [-0.05, 0) is 34.0 Å². The SMILES string of the molecule is CCN(C)C(COC)CN(CC)C(C)C. The average molecular weight is 216 g/mol. The maximum Gasteiger partial charge on any atom is 0.0630 e. The molecule has 0 radical (unpaired) electrons. The molecule has 0 bridgehead atoms. The Kier molecular flexibility index (Phi) is 8.02. The van der Waals surface area contributed by atoms with E-state index in [2.05, 4.69) is 44.5 Å². The maximum atomic E-state index is 5.28. The van der Waals surface area contributed by atoms with Crippen LogP contribution >= 0.6 is 0 Å². The molecule has 0 saturated heterocycles. The van der Waals surface area contributed by atoms with Crippen LogP contribution in [0, 0.1) is 0 Å². The molecule has 92 valence electrons. The van der Waals surface area contributed by atoms with E-state index < -0.39 is 0 Å². The van der Waals surface area contributed by atoms with Crippen molar-refractivity contribution in [2.24, 2.45) is 0 Å². The molecule has 15 heavy (non-hydrogen) atoms. The summed E-state index contributed by atoms with van der Waals surface area (Å²) >= 11 is 0. The number of hydrogen-bond acceptors (Lipinski definition) is 3. The molecule has 1 unspecified atom stereocenters. The minimum absolute atomic E-state index is 0.502. The van der Waals surface area contributed by atoms with Gasteiger partial charge < -0.3 is 9.64 Å². The quantitative estimate of drug-likeness (QED) is 0.614. The molecular weight excluding hydrogens is 188 g/mol. The highest BCUT2D eigenvalue weighted by Crippen LogP contribution is 2.04. The third kappa shape index (κ3) is 5.50. The van der Waals surface area contributed by atoms with Gasteiger partial charge in [-0.25, -0.2) is 0 Å². The van der Waals surface area contributed by atoms with Crippen molar-refractivity contribution in [1.29, 1.82) is 0 Å². The molecule has 0 aromatic carbocycles. The first-order valence-corrected chi connectivity index (χ1v) is 5.99. The Labute approximate surface area is 95.4 Å². The topological polar surface area (TPSA) is 15.7 Å². The van der Waals surface area contributed by atoms with Gasteiger partial charge in [-0.15, -0.1) is 0 Å². The molecule has 1 atom stereocenters. The van der Waals surface area contributed by atoms with Crippen LogP contribution in [0.3, 0.4) is 0 Å². The first-order valence-electron chi connectivity index (χ1n) is 5.99. The highest BCUT2D eigenvalue weighted by molar-refractivity contribution is 4.74. The molecule has 0 spiro atoms. The van der Waals surface area contributed by atoms with E-state index in [1.54, 1.807) is 7.11 Å². The van der Waals surface area contributed by atoms with Crippen molar-refractivity contribution in [3.05, 3.63) is 0 Å². The van der Waals surface area contributed by atoms with Gasteiger partial charge in [-0.2, -0.15) is 0 Å². The Hall–Kier alpha value is -0.120. The Bertz CT molecular complexity index is 151. The minimum Gasteiger partial charge on any atom is -0.383 e. The minimum atomic E-state index is 0.502. The molecular formula is C12H28N2O. The van der Waals surface area contributed by atoms with E-state index in [4.69, 9.17) is 4.74 Å². The second kappa shape index (κ2) is 8.08. The second-order valence-corrected chi connectivity index (χ2v) is 4.36. The van der Waals surface area contributed by atoms with E-state index in [-0.39, 0.29) is 0 Å². The van der Waals surface area contributed by atoms with Crippen molar-refractivity contribution >= 4 is 0 Å². The van der Waals surface area contributed by atoms with E-state index >= 15 is 0 Å². The van der Waals surface area contributed by atoms with Gasteiger partial charge in [-0.3, -0.25) is 4.90 Å². The fraction of sp³-hybridized carbons (Fsp3) is 1.00. The summed E-state index contributed by atoms with van der Waals surface area (Å²) in [6.45, 7) is 13.0. The number of ether oxygens (including phenoxy) is 1. The largest absolute Gasteiger partial charge is 0.383 e. The van der Waals surface area contributed by atoms with E-state index in [9.17, 15) is 0 Å². The molecule has 3 nitrogen and oxygen atoms in total. The van der Waals surface area contributed by atoms with Gasteiger partial charge in [0.15, 0.2) is 0 Å². The summed E-state index contributed by atoms with van der Waals surface area (Å²) in [5.74, 6) is 0. The Morgan fingerprint density at radius 2 is 1.73 bits per heavy atom. The summed E-state index contributed by atoms with van der Waals surface area (Å²) in [5.41, 5.74) is 0. The molecule has 0 aliphatic heterocycles. The van der Waals surface area contributed by atoms with Crippen LogP contribution in [0.2, 0.25) is 0 Å². The maximum absolute atomic E-state index is 5.28. The van der Waals surface area contributed by atoms with Crippen molar-refractivity contribution in [1.82, 2.24) is 9.80 Å². The van der Waals surface area contributed by atoms with Crippen LogP contribution in [0.25, 0.3) is 0 Å². The van der Waals surface area contributed by atoms with Crippen LogP contribution in [0.5, 0.6) is 0 Å². The zero-order valence-electron chi connectivity index (χ0n) is 11.3. The van der Waals surface area contributed by atoms with Gasteiger partial charge in [-0.1, -0.05) is 13.8 Å². The van der Waals surface area contributed by atoms with E-state index in [1.165, 1.54) is 0 Å². The number of rotatable bonds is 8. The zero-order valence-corrected chi connectivity index (χ0v) is 11.3. The number of likely N-dealkylation sites (N-methyl/N-ethyl adjacent to an activating group) is 2. The van der Waals surface area contributed by atoms with Gasteiger partial charge >= 0.3 is 0 Å².